The standard InChI is InChI=1S/C22H32O2/c1-3-17-12-14-22(15-13-17,21(23)24)20-10-8-19(9-11-20)18-6-4-16(2)5-7-18/h8-11,16-18H,3-7,12-15H2,1-2H3,(H,23,24). The zero-order valence-electron chi connectivity index (χ0n) is 15.3. The van der Waals surface area contributed by atoms with Crippen molar-refractivity contribution in [3.8, 4) is 0 Å². The molecular formula is C22H32O2. The van der Waals surface area contributed by atoms with Gasteiger partial charge in [-0.15, -0.1) is 0 Å². The van der Waals surface area contributed by atoms with Crippen molar-refractivity contribution in [2.45, 2.75) is 83.0 Å². The SMILES string of the molecule is CCC1CCC(C(=O)O)(c2ccc(C3CCC(C)CC3)cc2)CC1. The Morgan fingerprint density at radius 3 is 2.12 bits per heavy atom. The first-order valence-corrected chi connectivity index (χ1v) is 9.89. The summed E-state index contributed by atoms with van der Waals surface area (Å²) in [6.07, 6.45) is 10.1. The van der Waals surface area contributed by atoms with Crippen LogP contribution in [0.15, 0.2) is 24.3 Å². The first kappa shape index (κ1) is 17.5. The Labute approximate surface area is 146 Å². The van der Waals surface area contributed by atoms with Gasteiger partial charge in [-0.05, 0) is 67.4 Å². The van der Waals surface area contributed by atoms with Crippen molar-refractivity contribution in [2.24, 2.45) is 11.8 Å². The van der Waals surface area contributed by atoms with Gasteiger partial charge in [0.25, 0.3) is 0 Å². The Balaban J connectivity index is 1.76. The third-order valence-corrected chi connectivity index (χ3v) is 6.90. The monoisotopic (exact) mass is 328 g/mol. The van der Waals surface area contributed by atoms with Crippen LogP contribution in [0.1, 0.15) is 88.7 Å². The molecular weight excluding hydrogens is 296 g/mol. The fourth-order valence-electron chi connectivity index (χ4n) is 4.87. The van der Waals surface area contributed by atoms with Gasteiger partial charge in [-0.25, -0.2) is 0 Å². The third kappa shape index (κ3) is 3.38. The van der Waals surface area contributed by atoms with Gasteiger partial charge < -0.3 is 5.11 Å². The van der Waals surface area contributed by atoms with Crippen molar-refractivity contribution < 1.29 is 9.90 Å². The van der Waals surface area contributed by atoms with E-state index in [0.29, 0.717) is 11.8 Å². The number of benzene rings is 1. The highest BCUT2D eigenvalue weighted by Crippen LogP contribution is 2.43. The molecule has 0 spiro atoms. The van der Waals surface area contributed by atoms with Crippen molar-refractivity contribution >= 4 is 5.97 Å². The molecule has 0 radical (unpaired) electrons. The second-order valence-electron chi connectivity index (χ2n) is 8.32. The fourth-order valence-corrected chi connectivity index (χ4v) is 4.87. The molecule has 132 valence electrons. The lowest BCUT2D eigenvalue weighted by Crippen LogP contribution is -2.39. The van der Waals surface area contributed by atoms with Crippen LogP contribution in [-0.2, 0) is 10.2 Å². The van der Waals surface area contributed by atoms with Gasteiger partial charge >= 0.3 is 5.97 Å². The zero-order valence-corrected chi connectivity index (χ0v) is 15.3. The molecule has 2 aliphatic carbocycles. The van der Waals surface area contributed by atoms with E-state index < -0.39 is 11.4 Å². The summed E-state index contributed by atoms with van der Waals surface area (Å²) in [5, 5.41) is 9.95. The molecule has 0 aromatic heterocycles. The van der Waals surface area contributed by atoms with Crippen LogP contribution in [0.3, 0.4) is 0 Å². The Morgan fingerprint density at radius 2 is 1.62 bits per heavy atom. The van der Waals surface area contributed by atoms with Gasteiger partial charge in [-0.1, -0.05) is 57.4 Å². The number of aliphatic carboxylic acids is 1. The quantitative estimate of drug-likeness (QED) is 0.746. The first-order chi connectivity index (χ1) is 11.5. The van der Waals surface area contributed by atoms with Crippen molar-refractivity contribution in [3.05, 3.63) is 35.4 Å². The van der Waals surface area contributed by atoms with Gasteiger partial charge in [-0.2, -0.15) is 0 Å². The highest BCUT2D eigenvalue weighted by Gasteiger charge is 2.43. The van der Waals surface area contributed by atoms with E-state index in [1.807, 2.05) is 0 Å². The number of carbonyl (C=O) groups is 1. The van der Waals surface area contributed by atoms with E-state index in [-0.39, 0.29) is 0 Å². The number of hydrogen-bond donors (Lipinski definition) is 1. The summed E-state index contributed by atoms with van der Waals surface area (Å²) in [6, 6.07) is 8.67. The lowest BCUT2D eigenvalue weighted by atomic mass is 9.66. The lowest BCUT2D eigenvalue weighted by molar-refractivity contribution is -0.145. The minimum Gasteiger partial charge on any atom is -0.481 e. The molecule has 24 heavy (non-hydrogen) atoms. The van der Waals surface area contributed by atoms with Crippen LogP contribution in [0.5, 0.6) is 0 Å². The Hall–Kier alpha value is -1.31. The van der Waals surface area contributed by atoms with Gasteiger partial charge in [0.15, 0.2) is 0 Å². The van der Waals surface area contributed by atoms with Gasteiger partial charge in [0, 0.05) is 0 Å². The van der Waals surface area contributed by atoms with Crippen LogP contribution < -0.4 is 0 Å². The molecule has 0 saturated heterocycles. The third-order valence-electron chi connectivity index (χ3n) is 6.90. The van der Waals surface area contributed by atoms with Crippen LogP contribution in [0.25, 0.3) is 0 Å². The molecule has 2 fully saturated rings. The molecule has 2 heteroatoms. The molecule has 0 amide bonds. The summed E-state index contributed by atoms with van der Waals surface area (Å²) in [6.45, 7) is 4.57. The van der Waals surface area contributed by atoms with E-state index in [0.717, 1.165) is 37.2 Å². The van der Waals surface area contributed by atoms with Crippen LogP contribution in [0.2, 0.25) is 0 Å². The first-order valence-electron chi connectivity index (χ1n) is 9.89. The number of rotatable bonds is 4. The van der Waals surface area contributed by atoms with Gasteiger partial charge in [0.1, 0.15) is 0 Å². The molecule has 0 atom stereocenters. The molecule has 1 aromatic rings. The molecule has 0 heterocycles. The van der Waals surface area contributed by atoms with Gasteiger partial charge in [0.2, 0.25) is 0 Å². The number of hydrogen-bond acceptors (Lipinski definition) is 1. The van der Waals surface area contributed by atoms with Crippen molar-refractivity contribution in [2.75, 3.05) is 0 Å². The van der Waals surface area contributed by atoms with E-state index in [4.69, 9.17) is 0 Å². The van der Waals surface area contributed by atoms with Crippen molar-refractivity contribution in [3.63, 3.8) is 0 Å². The van der Waals surface area contributed by atoms with Crippen LogP contribution >= 0.6 is 0 Å². The molecule has 3 rings (SSSR count). The fraction of sp³-hybridized carbons (Fsp3) is 0.682. The van der Waals surface area contributed by atoms with E-state index >= 15 is 0 Å². The molecule has 2 aliphatic rings. The summed E-state index contributed by atoms with van der Waals surface area (Å²) >= 11 is 0. The van der Waals surface area contributed by atoms with E-state index in [1.165, 1.54) is 37.7 Å². The Kier molecular flexibility index (Phi) is 5.32. The summed E-state index contributed by atoms with van der Waals surface area (Å²) < 4.78 is 0. The molecule has 1 aromatic carbocycles. The van der Waals surface area contributed by atoms with Crippen LogP contribution in [0, 0.1) is 11.8 Å². The molecule has 0 aliphatic heterocycles. The zero-order chi connectivity index (χ0) is 17.2. The lowest BCUT2D eigenvalue weighted by Gasteiger charge is -2.37. The van der Waals surface area contributed by atoms with Crippen LogP contribution in [0.4, 0.5) is 0 Å². The molecule has 1 N–H and O–H groups in total. The van der Waals surface area contributed by atoms with Gasteiger partial charge in [-0.3, -0.25) is 4.79 Å². The molecule has 2 saturated carbocycles. The van der Waals surface area contributed by atoms with Crippen LogP contribution in [-0.4, -0.2) is 11.1 Å². The topological polar surface area (TPSA) is 37.3 Å². The highest BCUT2D eigenvalue weighted by molar-refractivity contribution is 5.81. The second-order valence-corrected chi connectivity index (χ2v) is 8.32. The summed E-state index contributed by atoms with van der Waals surface area (Å²) in [4.78, 5) is 12.1. The second kappa shape index (κ2) is 7.29. The van der Waals surface area contributed by atoms with E-state index in [1.54, 1.807) is 0 Å². The predicted molar refractivity (Wildman–Crippen MR) is 98.4 cm³/mol. The normalized spacial score (nSPS) is 34.0. The van der Waals surface area contributed by atoms with E-state index in [9.17, 15) is 9.90 Å². The summed E-state index contributed by atoms with van der Waals surface area (Å²) in [5.74, 6) is 1.62. The van der Waals surface area contributed by atoms with Crippen molar-refractivity contribution in [1.82, 2.24) is 0 Å². The average Bonchev–Trinajstić information content (AvgIpc) is 2.62. The van der Waals surface area contributed by atoms with E-state index in [2.05, 4.69) is 38.1 Å². The maximum atomic E-state index is 12.1. The Morgan fingerprint density at radius 1 is 1.04 bits per heavy atom. The maximum absolute atomic E-state index is 12.1. The van der Waals surface area contributed by atoms with Gasteiger partial charge in [0.05, 0.1) is 5.41 Å². The summed E-state index contributed by atoms with van der Waals surface area (Å²) in [5.41, 5.74) is 1.79. The smallest absolute Gasteiger partial charge is 0.314 e. The van der Waals surface area contributed by atoms with Crippen molar-refractivity contribution in [1.29, 1.82) is 0 Å². The minimum atomic E-state index is -0.648. The maximum Gasteiger partial charge on any atom is 0.314 e. The Bertz CT molecular complexity index is 544. The molecule has 2 nitrogen and oxygen atoms in total. The molecule has 0 unspecified atom stereocenters. The number of carboxylic acid groups (broad SMARTS) is 1. The average molecular weight is 328 g/mol. The summed E-state index contributed by atoms with van der Waals surface area (Å²) in [7, 11) is 0. The predicted octanol–water partition coefficient (Wildman–Crippen LogP) is 5.90. The minimum absolute atomic E-state index is 0.628. The molecule has 0 bridgehead atoms. The largest absolute Gasteiger partial charge is 0.481 e. The highest BCUT2D eigenvalue weighted by atomic mass is 16.4. The number of carboxylic acids is 1.